The lowest BCUT2D eigenvalue weighted by Crippen LogP contribution is -2.32. The van der Waals surface area contributed by atoms with E-state index >= 15 is 0 Å². The normalized spacial score (nSPS) is 19.2. The van der Waals surface area contributed by atoms with E-state index < -0.39 is 0 Å². The first-order chi connectivity index (χ1) is 13.6. The Morgan fingerprint density at radius 3 is 2.57 bits per heavy atom. The van der Waals surface area contributed by atoms with Gasteiger partial charge in [-0.3, -0.25) is 9.59 Å². The lowest BCUT2D eigenvalue weighted by Gasteiger charge is -2.14. The maximum absolute atomic E-state index is 12.4. The molecule has 1 aliphatic carbocycles. The molecule has 5 nitrogen and oxygen atoms in total. The number of aromatic nitrogens is 1. The number of H-pyrrole nitrogens is 1. The van der Waals surface area contributed by atoms with Crippen LogP contribution >= 0.6 is 0 Å². The summed E-state index contributed by atoms with van der Waals surface area (Å²) in [5.74, 6) is -0.467. The quantitative estimate of drug-likeness (QED) is 0.592. The second kappa shape index (κ2) is 7.89. The van der Waals surface area contributed by atoms with Gasteiger partial charge in [-0.15, -0.1) is 0 Å². The second-order valence-electron chi connectivity index (χ2n) is 7.49. The number of nitrogens with one attached hydrogen (secondary N) is 3. The Hall–Kier alpha value is -3.08. The summed E-state index contributed by atoms with van der Waals surface area (Å²) < 4.78 is 0. The number of carbonyl (C=O) groups is 2. The molecule has 1 saturated carbocycles. The third kappa shape index (κ3) is 3.93. The Morgan fingerprint density at radius 1 is 1.04 bits per heavy atom. The van der Waals surface area contributed by atoms with E-state index in [0.29, 0.717) is 13.0 Å². The van der Waals surface area contributed by atoms with Gasteiger partial charge in [-0.05, 0) is 37.0 Å². The number of benzene rings is 2. The van der Waals surface area contributed by atoms with Gasteiger partial charge in [0.15, 0.2) is 0 Å². The molecule has 1 heterocycles. The van der Waals surface area contributed by atoms with E-state index in [2.05, 4.69) is 21.7 Å². The Labute approximate surface area is 164 Å². The molecule has 28 heavy (non-hydrogen) atoms. The number of para-hydroxylation sites is 1. The predicted molar refractivity (Wildman–Crippen MR) is 110 cm³/mol. The van der Waals surface area contributed by atoms with Crippen molar-refractivity contribution in [2.45, 2.75) is 25.8 Å². The highest BCUT2D eigenvalue weighted by Crippen LogP contribution is 2.39. The minimum absolute atomic E-state index is 0.0210. The molecular weight excluding hydrogens is 350 g/mol. The standard InChI is InChI=1S/C23H25N3O2/c1-15(16-7-3-2-4-8-16)26-23(28)20-13-19(20)22(27)24-12-11-17-14-25-21-10-6-5-9-18(17)21/h2-10,14-15,19-20,25H,11-13H2,1H3,(H,24,27)(H,26,28). The van der Waals surface area contributed by atoms with Gasteiger partial charge in [0.2, 0.25) is 11.8 Å². The lowest BCUT2D eigenvalue weighted by molar-refractivity contribution is -0.127. The van der Waals surface area contributed by atoms with Gasteiger partial charge in [0.05, 0.1) is 17.9 Å². The fourth-order valence-electron chi connectivity index (χ4n) is 3.71. The van der Waals surface area contributed by atoms with E-state index in [1.165, 1.54) is 10.9 Å². The number of carbonyl (C=O) groups excluding carboxylic acids is 2. The molecule has 0 bridgehead atoms. The van der Waals surface area contributed by atoms with Crippen molar-refractivity contribution in [1.29, 1.82) is 0 Å². The summed E-state index contributed by atoms with van der Waals surface area (Å²) in [4.78, 5) is 28.0. The zero-order valence-electron chi connectivity index (χ0n) is 15.9. The SMILES string of the molecule is CC(NC(=O)C1CC1C(=O)NCCc1c[nH]c2ccccc12)c1ccccc1. The van der Waals surface area contributed by atoms with Crippen LogP contribution in [0.4, 0.5) is 0 Å². The first kappa shape index (κ1) is 18.3. The molecule has 3 atom stereocenters. The summed E-state index contributed by atoms with van der Waals surface area (Å²) in [5, 5.41) is 7.19. The van der Waals surface area contributed by atoms with Crippen LogP contribution in [0, 0.1) is 11.8 Å². The van der Waals surface area contributed by atoms with Crippen molar-refractivity contribution in [1.82, 2.24) is 15.6 Å². The summed E-state index contributed by atoms with van der Waals surface area (Å²) in [5.41, 5.74) is 3.36. The molecule has 5 heteroatoms. The van der Waals surface area contributed by atoms with Gasteiger partial charge in [-0.2, -0.15) is 0 Å². The number of amides is 2. The van der Waals surface area contributed by atoms with Crippen LogP contribution in [-0.4, -0.2) is 23.3 Å². The first-order valence-electron chi connectivity index (χ1n) is 9.81. The number of fused-ring (bicyclic) bond motifs is 1. The van der Waals surface area contributed by atoms with E-state index in [4.69, 9.17) is 0 Å². The Bertz CT molecular complexity index is 980. The third-order valence-corrected chi connectivity index (χ3v) is 5.49. The highest BCUT2D eigenvalue weighted by Gasteiger charge is 2.48. The van der Waals surface area contributed by atoms with Crippen LogP contribution in [0.3, 0.4) is 0 Å². The predicted octanol–water partition coefficient (Wildman–Crippen LogP) is 3.34. The van der Waals surface area contributed by atoms with Crippen LogP contribution in [0.1, 0.15) is 30.5 Å². The molecule has 0 spiro atoms. The Balaban J connectivity index is 1.23. The molecule has 0 aliphatic heterocycles. The van der Waals surface area contributed by atoms with Crippen LogP contribution < -0.4 is 10.6 Å². The van der Waals surface area contributed by atoms with Gasteiger partial charge in [0.1, 0.15) is 0 Å². The van der Waals surface area contributed by atoms with Gasteiger partial charge in [0, 0.05) is 23.6 Å². The van der Waals surface area contributed by atoms with Crippen molar-refractivity contribution >= 4 is 22.7 Å². The van der Waals surface area contributed by atoms with Gasteiger partial charge >= 0.3 is 0 Å². The fraction of sp³-hybridized carbons (Fsp3) is 0.304. The van der Waals surface area contributed by atoms with E-state index in [0.717, 1.165) is 17.5 Å². The topological polar surface area (TPSA) is 74.0 Å². The molecule has 1 aromatic heterocycles. The summed E-state index contributed by atoms with van der Waals surface area (Å²) in [7, 11) is 0. The van der Waals surface area contributed by atoms with Crippen molar-refractivity contribution < 1.29 is 9.59 Å². The van der Waals surface area contributed by atoms with Gasteiger partial charge in [0.25, 0.3) is 0 Å². The monoisotopic (exact) mass is 375 g/mol. The first-order valence-corrected chi connectivity index (χ1v) is 9.81. The summed E-state index contributed by atoms with van der Waals surface area (Å²) >= 11 is 0. The Morgan fingerprint density at radius 2 is 1.75 bits per heavy atom. The second-order valence-corrected chi connectivity index (χ2v) is 7.49. The van der Waals surface area contributed by atoms with Crippen LogP contribution in [0.25, 0.3) is 10.9 Å². The van der Waals surface area contributed by atoms with Crippen molar-refractivity contribution in [3.63, 3.8) is 0 Å². The largest absolute Gasteiger partial charge is 0.361 e. The van der Waals surface area contributed by atoms with Crippen molar-refractivity contribution in [2.75, 3.05) is 6.54 Å². The number of hydrogen-bond acceptors (Lipinski definition) is 2. The van der Waals surface area contributed by atoms with Crippen molar-refractivity contribution in [2.24, 2.45) is 11.8 Å². The van der Waals surface area contributed by atoms with E-state index in [9.17, 15) is 9.59 Å². The van der Waals surface area contributed by atoms with E-state index in [-0.39, 0.29) is 29.7 Å². The van der Waals surface area contributed by atoms with Crippen molar-refractivity contribution in [3.8, 4) is 0 Å². The molecule has 2 aromatic carbocycles. The van der Waals surface area contributed by atoms with E-state index in [1.807, 2.05) is 61.7 Å². The molecule has 1 fully saturated rings. The number of hydrogen-bond donors (Lipinski definition) is 3. The molecule has 3 aromatic rings. The van der Waals surface area contributed by atoms with Gasteiger partial charge < -0.3 is 15.6 Å². The average molecular weight is 375 g/mol. The van der Waals surface area contributed by atoms with Crippen LogP contribution in [-0.2, 0) is 16.0 Å². The molecule has 3 unspecified atom stereocenters. The highest BCUT2D eigenvalue weighted by molar-refractivity contribution is 5.92. The van der Waals surface area contributed by atoms with Gasteiger partial charge in [-0.1, -0.05) is 48.5 Å². The van der Waals surface area contributed by atoms with E-state index in [1.54, 1.807) is 0 Å². The van der Waals surface area contributed by atoms with Crippen molar-refractivity contribution in [3.05, 3.63) is 71.9 Å². The summed E-state index contributed by atoms with van der Waals surface area (Å²) in [6.07, 6.45) is 3.39. The zero-order valence-corrected chi connectivity index (χ0v) is 15.9. The summed E-state index contributed by atoms with van der Waals surface area (Å²) in [6, 6.07) is 17.9. The molecule has 3 N–H and O–H groups in total. The summed E-state index contributed by atoms with van der Waals surface area (Å²) in [6.45, 7) is 2.54. The molecular formula is C23H25N3O2. The maximum Gasteiger partial charge on any atom is 0.224 e. The van der Waals surface area contributed by atoms with Gasteiger partial charge in [-0.25, -0.2) is 0 Å². The molecule has 0 radical (unpaired) electrons. The van der Waals surface area contributed by atoms with Crippen LogP contribution in [0.5, 0.6) is 0 Å². The zero-order chi connectivity index (χ0) is 19.5. The van der Waals surface area contributed by atoms with Crippen LogP contribution in [0.15, 0.2) is 60.8 Å². The lowest BCUT2D eigenvalue weighted by atomic mass is 10.1. The Kier molecular flexibility index (Phi) is 5.15. The highest BCUT2D eigenvalue weighted by atomic mass is 16.2. The average Bonchev–Trinajstić information content (AvgIpc) is 3.43. The smallest absolute Gasteiger partial charge is 0.224 e. The molecule has 1 aliphatic rings. The number of rotatable bonds is 7. The third-order valence-electron chi connectivity index (χ3n) is 5.49. The molecule has 0 saturated heterocycles. The minimum atomic E-state index is -0.209. The maximum atomic E-state index is 12.4. The fourth-order valence-corrected chi connectivity index (χ4v) is 3.71. The number of aromatic amines is 1. The molecule has 144 valence electrons. The van der Waals surface area contributed by atoms with Crippen LogP contribution in [0.2, 0.25) is 0 Å². The minimum Gasteiger partial charge on any atom is -0.361 e. The molecule has 4 rings (SSSR count). The molecule has 2 amide bonds.